The Kier molecular flexibility index (Phi) is 3.83. The van der Waals surface area contributed by atoms with Crippen LogP contribution >= 0.6 is 0 Å². The average Bonchev–Trinajstić information content (AvgIpc) is 3.23. The van der Waals surface area contributed by atoms with Crippen molar-refractivity contribution in [1.29, 1.82) is 0 Å². The van der Waals surface area contributed by atoms with Crippen LogP contribution in [0.25, 0.3) is 98.1 Å². The smallest absolute Gasteiger partial charge is 0.0972 e. The van der Waals surface area contributed by atoms with E-state index in [1.54, 1.807) is 13.1 Å². The van der Waals surface area contributed by atoms with Gasteiger partial charge in [0.05, 0.1) is 30.4 Å². The predicted molar refractivity (Wildman–Crippen MR) is 200 cm³/mol. The number of pyridine rings is 2. The SMILES string of the molecule is [2H]c1c(-c2c3ccccc3c(-c3ccc4ccc5cccnc5c4n3)c3ccccc23)c([2H])c2c(c1[2H])c1c([2H])c([2H])c([2H])c([2H])c1c1c(C)c([2H])c([2H])c([2H])c21. The minimum atomic E-state index is -0.541. The lowest BCUT2D eigenvalue weighted by molar-refractivity contribution is 1.38. The quantitative estimate of drug-likeness (QED) is 0.144. The van der Waals surface area contributed by atoms with Crippen LogP contribution in [0, 0.1) is 6.92 Å². The minimum Gasteiger partial charge on any atom is -0.254 e. The number of aromatic nitrogens is 2. The van der Waals surface area contributed by atoms with Crippen LogP contribution in [0.15, 0.2) is 152 Å². The second-order valence-electron chi connectivity index (χ2n) is 11.8. The summed E-state index contributed by atoms with van der Waals surface area (Å²) in [6.45, 7) is 1.57. The lowest BCUT2D eigenvalue weighted by Crippen LogP contribution is -1.94. The van der Waals surface area contributed by atoms with Gasteiger partial charge in [0.1, 0.15) is 0 Å². The third-order valence-corrected chi connectivity index (χ3v) is 9.18. The molecule has 0 bridgehead atoms. The normalized spacial score (nSPS) is 14.9. The Labute approximate surface area is 285 Å². The van der Waals surface area contributed by atoms with Gasteiger partial charge in [-0.05, 0) is 95.7 Å². The standard InChI is InChI=1S/C45H28N2/c1-27-10-8-18-38-39-26-30(21-23-32(39)31-12-2-3-13-33(31)41(27)38)42-34-14-4-6-16-36(34)43(37-17-7-5-15-35(37)42)40-24-22-29-20-19-28-11-9-25-46-44(28)45(29)47-40/h2-26H,1H3/i2D,3D,8D,10D,12D,13D,18D,21D,23D,26D. The largest absolute Gasteiger partial charge is 0.254 e. The Balaban J connectivity index is 1.41. The van der Waals surface area contributed by atoms with E-state index < -0.39 is 36.3 Å². The second kappa shape index (κ2) is 9.94. The summed E-state index contributed by atoms with van der Waals surface area (Å²) in [7, 11) is 0. The van der Waals surface area contributed by atoms with Gasteiger partial charge >= 0.3 is 0 Å². The van der Waals surface area contributed by atoms with Crippen LogP contribution in [-0.2, 0) is 0 Å². The van der Waals surface area contributed by atoms with Gasteiger partial charge in [-0.25, -0.2) is 4.98 Å². The molecule has 0 aliphatic rings. The molecule has 0 saturated heterocycles. The summed E-state index contributed by atoms with van der Waals surface area (Å²) in [5, 5.41) is 4.94. The van der Waals surface area contributed by atoms with Crippen LogP contribution in [0.4, 0.5) is 0 Å². The van der Waals surface area contributed by atoms with Crippen molar-refractivity contribution in [1.82, 2.24) is 9.97 Å². The summed E-state index contributed by atoms with van der Waals surface area (Å²) in [4.78, 5) is 9.87. The maximum Gasteiger partial charge on any atom is 0.0972 e. The second-order valence-corrected chi connectivity index (χ2v) is 11.8. The van der Waals surface area contributed by atoms with Crippen LogP contribution in [0.2, 0.25) is 0 Å². The summed E-state index contributed by atoms with van der Waals surface area (Å²) in [5.41, 5.74) is 3.90. The fourth-order valence-electron chi connectivity index (χ4n) is 7.13. The maximum absolute atomic E-state index is 10.0. The number of rotatable bonds is 2. The highest BCUT2D eigenvalue weighted by atomic mass is 14.8. The molecule has 2 heteroatoms. The summed E-state index contributed by atoms with van der Waals surface area (Å²) < 4.78 is 91.0. The van der Waals surface area contributed by atoms with E-state index in [9.17, 15) is 5.48 Å². The summed E-state index contributed by atoms with van der Waals surface area (Å²) in [5.74, 6) is 0. The van der Waals surface area contributed by atoms with Gasteiger partial charge < -0.3 is 0 Å². The molecule has 10 rings (SSSR count). The summed E-state index contributed by atoms with van der Waals surface area (Å²) in [6.07, 6.45) is 1.75. The van der Waals surface area contributed by atoms with Gasteiger partial charge in [-0.1, -0.05) is 127 Å². The molecule has 0 spiro atoms. The van der Waals surface area contributed by atoms with E-state index in [-0.39, 0.29) is 67.6 Å². The van der Waals surface area contributed by atoms with Gasteiger partial charge in [0, 0.05) is 22.5 Å². The van der Waals surface area contributed by atoms with Crippen molar-refractivity contribution in [2.75, 3.05) is 0 Å². The van der Waals surface area contributed by atoms with Gasteiger partial charge in [-0.2, -0.15) is 0 Å². The monoisotopic (exact) mass is 606 g/mol. The topological polar surface area (TPSA) is 25.8 Å². The van der Waals surface area contributed by atoms with Crippen LogP contribution in [-0.4, -0.2) is 9.97 Å². The Hall–Kier alpha value is -6.12. The van der Waals surface area contributed by atoms with Gasteiger partial charge in [0.25, 0.3) is 0 Å². The first kappa shape index (κ1) is 18.1. The van der Waals surface area contributed by atoms with Crippen LogP contribution < -0.4 is 0 Å². The zero-order valence-corrected chi connectivity index (χ0v) is 25.1. The highest BCUT2D eigenvalue weighted by Crippen LogP contribution is 2.45. The molecule has 2 aromatic heterocycles. The molecule has 2 heterocycles. The van der Waals surface area contributed by atoms with Crippen LogP contribution in [0.1, 0.15) is 19.3 Å². The molecule has 0 radical (unpaired) electrons. The Morgan fingerprint density at radius 1 is 0.489 bits per heavy atom. The molecule has 218 valence electrons. The Bertz CT molecular complexity index is 3390. The maximum atomic E-state index is 10.0. The highest BCUT2D eigenvalue weighted by Gasteiger charge is 2.19. The molecule has 0 fully saturated rings. The number of fused-ring (bicyclic) bond motifs is 11. The van der Waals surface area contributed by atoms with Crippen LogP contribution in [0.5, 0.6) is 0 Å². The van der Waals surface area contributed by atoms with E-state index >= 15 is 0 Å². The number of nitrogens with zero attached hydrogens (tertiary/aromatic N) is 2. The lowest BCUT2D eigenvalue weighted by Gasteiger charge is -2.19. The first-order chi connectivity index (χ1) is 27.4. The fourth-order valence-corrected chi connectivity index (χ4v) is 7.13. The Morgan fingerprint density at radius 2 is 1.11 bits per heavy atom. The van der Waals surface area contributed by atoms with E-state index in [0.717, 1.165) is 38.1 Å². The van der Waals surface area contributed by atoms with Crippen molar-refractivity contribution in [2.24, 2.45) is 0 Å². The molecule has 8 aromatic carbocycles. The molecule has 0 amide bonds. The number of benzene rings is 8. The molecule has 0 aliphatic heterocycles. The van der Waals surface area contributed by atoms with Gasteiger partial charge in [0.2, 0.25) is 0 Å². The molecule has 0 saturated carbocycles. The van der Waals surface area contributed by atoms with E-state index in [2.05, 4.69) is 4.98 Å². The van der Waals surface area contributed by atoms with Crippen molar-refractivity contribution in [3.63, 3.8) is 0 Å². The molecule has 0 N–H and O–H groups in total. The molecule has 10 aromatic rings. The van der Waals surface area contributed by atoms with Crippen molar-refractivity contribution in [2.45, 2.75) is 6.92 Å². The summed E-state index contributed by atoms with van der Waals surface area (Å²) in [6, 6.07) is 23.3. The molecule has 0 unspecified atom stereocenters. The zero-order valence-electron chi connectivity index (χ0n) is 35.1. The molecule has 0 aliphatic carbocycles. The molecular formula is C45H28N2. The molecule has 0 atom stereocenters. The van der Waals surface area contributed by atoms with Gasteiger partial charge in [-0.15, -0.1) is 0 Å². The summed E-state index contributed by atoms with van der Waals surface area (Å²) >= 11 is 0. The highest BCUT2D eigenvalue weighted by molar-refractivity contribution is 6.28. The number of aryl methyl sites for hydroxylation is 1. The number of hydrogen-bond acceptors (Lipinski definition) is 2. The van der Waals surface area contributed by atoms with Crippen molar-refractivity contribution < 1.29 is 13.7 Å². The lowest BCUT2D eigenvalue weighted by atomic mass is 9.85. The third kappa shape index (κ3) is 3.79. The fraction of sp³-hybridized carbons (Fsp3) is 0.0222. The predicted octanol–water partition coefficient (Wildman–Crippen LogP) is 12.2. The first-order valence-electron chi connectivity index (χ1n) is 20.4. The van der Waals surface area contributed by atoms with Crippen molar-refractivity contribution in [3.05, 3.63) is 157 Å². The first-order valence-corrected chi connectivity index (χ1v) is 15.4. The van der Waals surface area contributed by atoms with E-state index in [1.807, 2.05) is 84.9 Å². The van der Waals surface area contributed by atoms with Crippen molar-refractivity contribution in [3.8, 4) is 22.4 Å². The minimum absolute atomic E-state index is 0.00540. The molecular weight excluding hydrogens is 569 g/mol. The van der Waals surface area contributed by atoms with Gasteiger partial charge in [0.15, 0.2) is 0 Å². The number of hydrogen-bond donors (Lipinski definition) is 0. The third-order valence-electron chi connectivity index (χ3n) is 9.18. The van der Waals surface area contributed by atoms with E-state index in [4.69, 9.17) is 13.2 Å². The van der Waals surface area contributed by atoms with E-state index in [1.165, 1.54) is 0 Å². The Morgan fingerprint density at radius 3 is 1.87 bits per heavy atom. The van der Waals surface area contributed by atoms with Gasteiger partial charge in [-0.3, -0.25) is 4.98 Å². The van der Waals surface area contributed by atoms with Crippen LogP contribution in [0.3, 0.4) is 0 Å². The van der Waals surface area contributed by atoms with Crippen molar-refractivity contribution >= 4 is 75.7 Å². The molecule has 47 heavy (non-hydrogen) atoms. The van der Waals surface area contributed by atoms with E-state index in [0.29, 0.717) is 22.0 Å². The molecule has 2 nitrogen and oxygen atoms in total. The average molecular weight is 607 g/mol. The zero-order chi connectivity index (χ0) is 39.8.